The van der Waals surface area contributed by atoms with Gasteiger partial charge in [0.05, 0.1) is 0 Å². The van der Waals surface area contributed by atoms with E-state index in [9.17, 15) is 0 Å². The number of anilines is 2. The van der Waals surface area contributed by atoms with Crippen LogP contribution in [0, 0.1) is 0 Å². The monoisotopic (exact) mass is 624 g/mol. The van der Waals surface area contributed by atoms with Gasteiger partial charge in [0, 0.05) is 34.5 Å². The van der Waals surface area contributed by atoms with Crippen LogP contribution in [-0.4, -0.2) is 36.9 Å². The van der Waals surface area contributed by atoms with Crippen LogP contribution < -0.4 is 33.6 Å². The highest BCUT2D eigenvalue weighted by Crippen LogP contribution is 2.13. The lowest BCUT2D eigenvalue weighted by atomic mass is 10.2. The Morgan fingerprint density at radius 2 is 0.825 bits per heavy atom. The third-order valence-corrected chi connectivity index (χ3v) is 4.82. The van der Waals surface area contributed by atoms with Crippen molar-refractivity contribution in [2.75, 3.05) is 23.7 Å². The number of guanidine groups is 4. The summed E-state index contributed by atoms with van der Waals surface area (Å²) in [6, 6.07) is 14.1. The van der Waals surface area contributed by atoms with Crippen LogP contribution in [0.5, 0.6) is 0 Å². The summed E-state index contributed by atoms with van der Waals surface area (Å²) in [5.74, 6) is 0.564. The number of rotatable bonds is 9. The van der Waals surface area contributed by atoms with E-state index < -0.39 is 0 Å². The number of nitrogens with two attached hydrogens (primary N) is 4. The van der Waals surface area contributed by atoms with Gasteiger partial charge in [0.1, 0.15) is 0 Å². The van der Waals surface area contributed by atoms with Gasteiger partial charge in [-0.1, -0.05) is 36.0 Å². The summed E-state index contributed by atoms with van der Waals surface area (Å²) in [6.45, 7) is 1.12. The van der Waals surface area contributed by atoms with E-state index in [1.807, 2.05) is 0 Å². The molecule has 0 saturated carbocycles. The second kappa shape index (κ2) is 25.4. The van der Waals surface area contributed by atoms with Crippen molar-refractivity contribution in [2.24, 2.45) is 42.9 Å². The molecule has 0 fully saturated rings. The van der Waals surface area contributed by atoms with Crippen LogP contribution >= 0.6 is 23.2 Å². The molecule has 0 aliphatic carbocycles. The Labute approximate surface area is 237 Å². The van der Waals surface area contributed by atoms with Gasteiger partial charge in [-0.2, -0.15) is 9.98 Å². The number of halogens is 8. The molecular weight excluding hydrogens is 589 g/mol. The van der Waals surface area contributed by atoms with Gasteiger partial charge in [-0.15, -0.1) is 0 Å². The molecule has 0 aliphatic rings. The molecule has 0 amide bonds. The molecule has 0 saturated heterocycles. The van der Waals surface area contributed by atoms with Crippen LogP contribution in [0.2, 0.25) is 10.0 Å². The van der Waals surface area contributed by atoms with E-state index in [1.54, 1.807) is 48.5 Å². The fourth-order valence-corrected chi connectivity index (χ4v) is 2.95. The van der Waals surface area contributed by atoms with Crippen LogP contribution in [0.25, 0.3) is 0 Å². The van der Waals surface area contributed by atoms with Crippen molar-refractivity contribution < 1.29 is 28.2 Å². The maximum atomic E-state index is 5.85. The van der Waals surface area contributed by atoms with Crippen molar-refractivity contribution in [3.63, 3.8) is 0 Å². The Morgan fingerprint density at radius 1 is 0.525 bits per heavy atom. The summed E-state index contributed by atoms with van der Waals surface area (Å²) in [4.78, 5) is 16.5. The Kier molecular flexibility index (Phi) is 29.1. The molecule has 0 unspecified atom stereocenters. The smallest absolute Gasteiger partial charge is 0.218 e. The molecule has 0 heterocycles. The van der Waals surface area contributed by atoms with Crippen LogP contribution in [-0.2, 0) is 0 Å². The molecule has 0 aliphatic heterocycles. The average molecular weight is 625 g/mol. The summed E-state index contributed by atoms with van der Waals surface area (Å²) in [5, 5.41) is 7.11. The summed E-state index contributed by atoms with van der Waals surface area (Å²) in [5.41, 5.74) is 24.8. The number of hydrogen-bond acceptors (Lipinski definition) is 2. The zero-order chi connectivity index (χ0) is 24.8. The molecule has 40 heavy (non-hydrogen) atoms. The fourth-order valence-electron chi connectivity index (χ4n) is 2.70. The van der Waals surface area contributed by atoms with Gasteiger partial charge < -0.3 is 33.6 Å². The highest BCUT2D eigenvalue weighted by Gasteiger charge is 1.99. The minimum atomic E-state index is 0. The van der Waals surface area contributed by atoms with Gasteiger partial charge in [0.25, 0.3) is 0 Å². The fraction of sp³-hybridized carbons (Fsp3) is 0.273. The van der Waals surface area contributed by atoms with E-state index in [4.69, 9.17) is 46.1 Å². The van der Waals surface area contributed by atoms with Crippen molar-refractivity contribution >= 4 is 58.4 Å². The van der Waals surface area contributed by atoms with Crippen molar-refractivity contribution in [3.05, 3.63) is 58.6 Å². The maximum Gasteiger partial charge on any atom is 0.218 e. The minimum Gasteiger partial charge on any atom is -0.369 e. The molecule has 10 nitrogen and oxygen atoms in total. The van der Waals surface area contributed by atoms with Crippen LogP contribution in [0.3, 0.4) is 0 Å². The van der Waals surface area contributed by atoms with Gasteiger partial charge in [-0.25, -0.2) is 0 Å². The maximum absolute atomic E-state index is 5.85. The molecule has 230 valence electrons. The Morgan fingerprint density at radius 3 is 1.12 bits per heavy atom. The van der Waals surface area contributed by atoms with E-state index in [0.717, 1.165) is 37.1 Å². The molecule has 10 N–H and O–H groups in total. The van der Waals surface area contributed by atoms with Crippen molar-refractivity contribution in [3.8, 4) is 0 Å². The first-order valence-electron chi connectivity index (χ1n) is 10.6. The third-order valence-electron chi connectivity index (χ3n) is 4.32. The Balaban J connectivity index is -0.000000681. The lowest BCUT2D eigenvalue weighted by Gasteiger charge is -2.05. The zero-order valence-electron chi connectivity index (χ0n) is 21.2. The molecule has 2 aromatic rings. The molecule has 18 heteroatoms. The first-order chi connectivity index (χ1) is 16.3. The molecule has 0 atom stereocenters. The Hall–Kier alpha value is -3.92. The molecule has 0 radical (unpaired) electrons. The van der Waals surface area contributed by atoms with Gasteiger partial charge in [-0.3, -0.25) is 38.2 Å². The van der Waals surface area contributed by atoms with Crippen LogP contribution in [0.1, 0.15) is 25.7 Å². The van der Waals surface area contributed by atoms with Gasteiger partial charge >= 0.3 is 0 Å². The average Bonchev–Trinajstić information content (AvgIpc) is 2.78. The molecular formula is C22H36Cl2F6N10. The van der Waals surface area contributed by atoms with Gasteiger partial charge in [0.2, 0.25) is 23.8 Å². The molecule has 0 spiro atoms. The number of nitrogens with zero attached hydrogens (tertiary/aromatic N) is 4. The van der Waals surface area contributed by atoms with E-state index in [0.29, 0.717) is 23.1 Å². The second-order valence-electron chi connectivity index (χ2n) is 7.15. The summed E-state index contributed by atoms with van der Waals surface area (Å²) in [7, 11) is 0. The van der Waals surface area contributed by atoms with Crippen LogP contribution in [0.15, 0.2) is 68.5 Å². The van der Waals surface area contributed by atoms with Crippen LogP contribution in [0.4, 0.5) is 39.6 Å². The molecule has 0 aromatic heterocycles. The first-order valence-corrected chi connectivity index (χ1v) is 11.4. The van der Waals surface area contributed by atoms with Crippen molar-refractivity contribution in [1.82, 2.24) is 0 Å². The number of nitrogens with one attached hydrogen (secondary N) is 2. The molecule has 2 aromatic carbocycles. The van der Waals surface area contributed by atoms with Gasteiger partial charge in [-0.05, 0) is 61.4 Å². The predicted molar refractivity (Wildman–Crippen MR) is 160 cm³/mol. The topological polar surface area (TPSA) is 178 Å². The number of aliphatic imine (C=N–C) groups is 4. The SMILES string of the molecule is F.F.F.F.F.F.NC(=NCCCCCCN=C(N)/N=C(\N)Nc1ccc(Cl)cc1)/N=C(\N)Nc1ccc(Cl)cc1. The van der Waals surface area contributed by atoms with Crippen molar-refractivity contribution in [1.29, 1.82) is 0 Å². The number of benzene rings is 2. The lowest BCUT2D eigenvalue weighted by molar-refractivity contribution is 0.653. The zero-order valence-corrected chi connectivity index (χ0v) is 22.7. The molecule has 2 rings (SSSR count). The highest BCUT2D eigenvalue weighted by atomic mass is 35.5. The van der Waals surface area contributed by atoms with E-state index >= 15 is 0 Å². The van der Waals surface area contributed by atoms with E-state index in [-0.39, 0.29) is 52.1 Å². The first kappa shape index (κ1) is 46.0. The Bertz CT molecular complexity index is 956. The standard InChI is InChI=1S/C22H30Cl2N10.6FH/c23-15-5-9-17(10-6-15)31-21(27)33-19(25)29-13-3-1-2-4-14-30-20(26)34-22(28)32-18-11-7-16(24)8-12-18;;;;;;/h5-12H,1-4,13-14H2,(H5,25,27,29,31,33)(H5,26,28,30,32,34);6*1H. The minimum absolute atomic E-state index is 0. The van der Waals surface area contributed by atoms with Gasteiger partial charge in [0.15, 0.2) is 0 Å². The highest BCUT2D eigenvalue weighted by molar-refractivity contribution is 6.31. The number of unbranched alkanes of at least 4 members (excludes halogenated alkanes) is 3. The predicted octanol–water partition coefficient (Wildman–Crippen LogP) is 4.25. The van der Waals surface area contributed by atoms with E-state index in [1.165, 1.54) is 0 Å². The largest absolute Gasteiger partial charge is 0.369 e. The lowest BCUT2D eigenvalue weighted by Crippen LogP contribution is -2.26. The number of hydrogen-bond donors (Lipinski definition) is 6. The normalized spacial score (nSPS) is 11.2. The summed E-state index contributed by atoms with van der Waals surface area (Å²) >= 11 is 11.7. The van der Waals surface area contributed by atoms with E-state index in [2.05, 4.69) is 30.6 Å². The summed E-state index contributed by atoms with van der Waals surface area (Å²) < 4.78 is 0. The summed E-state index contributed by atoms with van der Waals surface area (Å²) in [6.07, 6.45) is 3.68. The third kappa shape index (κ3) is 20.1. The quantitative estimate of drug-likeness (QED) is 0.105. The molecule has 0 bridgehead atoms. The second-order valence-corrected chi connectivity index (χ2v) is 8.02. The van der Waals surface area contributed by atoms with Crippen molar-refractivity contribution in [2.45, 2.75) is 25.7 Å².